The van der Waals surface area contributed by atoms with Gasteiger partial charge in [-0.15, -0.1) is 11.3 Å². The largest absolute Gasteiger partial charge is 0.494 e. The first kappa shape index (κ1) is 19.3. The van der Waals surface area contributed by atoms with Gasteiger partial charge in [-0.25, -0.2) is 5.43 Å². The number of methoxy groups -OCH3 is 1. The van der Waals surface area contributed by atoms with Gasteiger partial charge in [-0.3, -0.25) is 14.9 Å². The third-order valence-electron chi connectivity index (χ3n) is 4.20. The lowest BCUT2D eigenvalue weighted by atomic mass is 10.2. The van der Waals surface area contributed by atoms with Crippen molar-refractivity contribution in [2.45, 2.75) is 13.8 Å². The molecule has 0 atom stereocenters. The smallest absolute Gasteiger partial charge is 0.281 e. The number of hydrazone groups is 1. The van der Waals surface area contributed by atoms with E-state index in [4.69, 9.17) is 4.74 Å². The maximum Gasteiger partial charge on any atom is 0.281 e. The fourth-order valence-corrected chi connectivity index (χ4v) is 3.49. The molecule has 2 aromatic heterocycles. The van der Waals surface area contributed by atoms with Crippen LogP contribution in [0.3, 0.4) is 0 Å². The second-order valence-electron chi connectivity index (χ2n) is 5.95. The monoisotopic (exact) mass is 398 g/mol. The summed E-state index contributed by atoms with van der Waals surface area (Å²) >= 11 is 1.34. The van der Waals surface area contributed by atoms with E-state index in [1.165, 1.54) is 30.6 Å². The summed E-state index contributed by atoms with van der Waals surface area (Å²) in [4.78, 5) is 23.1. The fourth-order valence-electron chi connectivity index (χ4n) is 2.88. The number of nitrogens with one attached hydrogen (secondary N) is 1. The molecular weight excluding hydrogens is 380 g/mol. The SMILES string of the molecule is COc1cc([N+](=O)[O-])ccc1-n1c(C)cc(/C=N\NC(=O)c2cccs2)c1C. The molecule has 0 radical (unpaired) electrons. The van der Waals surface area contributed by atoms with Crippen molar-refractivity contribution < 1.29 is 14.5 Å². The number of hydrogen-bond acceptors (Lipinski definition) is 6. The van der Waals surface area contributed by atoms with E-state index in [0.717, 1.165) is 17.0 Å². The molecule has 0 aliphatic heterocycles. The van der Waals surface area contributed by atoms with Crippen molar-refractivity contribution >= 4 is 29.1 Å². The molecule has 0 saturated carbocycles. The summed E-state index contributed by atoms with van der Waals surface area (Å²) in [6.07, 6.45) is 1.57. The first-order valence-electron chi connectivity index (χ1n) is 8.31. The zero-order chi connectivity index (χ0) is 20.3. The molecule has 1 N–H and O–H groups in total. The van der Waals surface area contributed by atoms with Crippen LogP contribution in [0.15, 0.2) is 46.9 Å². The number of aryl methyl sites for hydroxylation is 1. The quantitative estimate of drug-likeness (QED) is 0.387. The predicted molar refractivity (Wildman–Crippen MR) is 108 cm³/mol. The van der Waals surface area contributed by atoms with Gasteiger partial charge in [0.15, 0.2) is 0 Å². The fraction of sp³-hybridized carbons (Fsp3) is 0.158. The van der Waals surface area contributed by atoms with Crippen molar-refractivity contribution in [3.8, 4) is 11.4 Å². The minimum absolute atomic E-state index is 0.0406. The number of non-ortho nitro benzene ring substituents is 1. The number of amides is 1. The molecule has 1 aromatic carbocycles. The van der Waals surface area contributed by atoms with Crippen LogP contribution >= 0.6 is 11.3 Å². The molecule has 3 rings (SSSR count). The highest BCUT2D eigenvalue weighted by Crippen LogP contribution is 2.31. The first-order chi connectivity index (χ1) is 13.4. The highest BCUT2D eigenvalue weighted by atomic mass is 32.1. The lowest BCUT2D eigenvalue weighted by Gasteiger charge is -2.13. The van der Waals surface area contributed by atoms with Crippen LogP contribution in [0.25, 0.3) is 5.69 Å². The van der Waals surface area contributed by atoms with Crippen molar-refractivity contribution in [3.63, 3.8) is 0 Å². The molecular formula is C19H18N4O4S. The van der Waals surface area contributed by atoms with E-state index in [1.807, 2.05) is 29.9 Å². The van der Waals surface area contributed by atoms with Gasteiger partial charge < -0.3 is 9.30 Å². The Bertz CT molecular complexity index is 1050. The number of aromatic nitrogens is 1. The van der Waals surface area contributed by atoms with Gasteiger partial charge in [0.2, 0.25) is 0 Å². The summed E-state index contributed by atoms with van der Waals surface area (Å²) in [5.41, 5.74) is 5.72. The van der Waals surface area contributed by atoms with Gasteiger partial charge in [0.25, 0.3) is 11.6 Å². The van der Waals surface area contributed by atoms with Crippen LogP contribution in [0.5, 0.6) is 5.75 Å². The summed E-state index contributed by atoms with van der Waals surface area (Å²) in [6, 6.07) is 9.92. The molecule has 0 aliphatic carbocycles. The summed E-state index contributed by atoms with van der Waals surface area (Å²) in [7, 11) is 1.47. The lowest BCUT2D eigenvalue weighted by Crippen LogP contribution is -2.16. The minimum Gasteiger partial charge on any atom is -0.494 e. The van der Waals surface area contributed by atoms with Gasteiger partial charge in [-0.2, -0.15) is 5.10 Å². The Balaban J connectivity index is 1.89. The molecule has 0 spiro atoms. The zero-order valence-electron chi connectivity index (χ0n) is 15.5. The Morgan fingerprint density at radius 2 is 2.11 bits per heavy atom. The molecule has 0 bridgehead atoms. The van der Waals surface area contributed by atoms with Crippen LogP contribution in [0.1, 0.15) is 26.6 Å². The number of benzene rings is 1. The van der Waals surface area contributed by atoms with Crippen LogP contribution in [0.2, 0.25) is 0 Å². The molecule has 1 amide bonds. The topological polar surface area (TPSA) is 98.8 Å². The highest BCUT2D eigenvalue weighted by molar-refractivity contribution is 7.12. The van der Waals surface area contributed by atoms with E-state index >= 15 is 0 Å². The second-order valence-corrected chi connectivity index (χ2v) is 6.90. The molecule has 0 saturated heterocycles. The predicted octanol–water partition coefficient (Wildman–Crippen LogP) is 3.84. The first-order valence-corrected chi connectivity index (χ1v) is 9.19. The zero-order valence-corrected chi connectivity index (χ0v) is 16.3. The van der Waals surface area contributed by atoms with Gasteiger partial charge in [0, 0.05) is 23.0 Å². The van der Waals surface area contributed by atoms with E-state index in [9.17, 15) is 14.9 Å². The van der Waals surface area contributed by atoms with Crippen LogP contribution < -0.4 is 10.2 Å². The third-order valence-corrected chi connectivity index (χ3v) is 5.07. The molecule has 8 nitrogen and oxygen atoms in total. The van der Waals surface area contributed by atoms with E-state index in [-0.39, 0.29) is 11.6 Å². The standard InChI is InChI=1S/C19H18N4O4S/c1-12-9-14(11-20-21-19(24)18-5-4-8-28-18)13(2)22(12)16-7-6-15(23(25)26)10-17(16)27-3/h4-11H,1-3H3,(H,21,24)/b20-11-. The van der Waals surface area contributed by atoms with Gasteiger partial charge in [-0.05, 0) is 37.4 Å². The van der Waals surface area contributed by atoms with Gasteiger partial charge in [0.05, 0.1) is 34.9 Å². The Hall–Kier alpha value is -3.46. The lowest BCUT2D eigenvalue weighted by molar-refractivity contribution is -0.384. The van der Waals surface area contributed by atoms with Crippen molar-refractivity contribution in [1.82, 2.24) is 9.99 Å². The number of carbonyl (C=O) groups excluding carboxylic acids is 1. The van der Waals surface area contributed by atoms with Crippen molar-refractivity contribution in [3.05, 3.63) is 73.7 Å². The average Bonchev–Trinajstić information content (AvgIpc) is 3.30. The van der Waals surface area contributed by atoms with E-state index < -0.39 is 4.92 Å². The molecule has 0 unspecified atom stereocenters. The van der Waals surface area contributed by atoms with Gasteiger partial charge in [0.1, 0.15) is 5.75 Å². The van der Waals surface area contributed by atoms with E-state index in [1.54, 1.807) is 24.4 Å². The van der Waals surface area contributed by atoms with Gasteiger partial charge in [-0.1, -0.05) is 6.07 Å². The Labute approximate surface area is 165 Å². The summed E-state index contributed by atoms with van der Waals surface area (Å²) in [6.45, 7) is 3.81. The summed E-state index contributed by atoms with van der Waals surface area (Å²) in [5.74, 6) is 0.127. The van der Waals surface area contributed by atoms with Crippen LogP contribution in [0, 0.1) is 24.0 Å². The van der Waals surface area contributed by atoms with Crippen LogP contribution in [0.4, 0.5) is 5.69 Å². The molecule has 28 heavy (non-hydrogen) atoms. The number of thiophene rings is 1. The number of carbonyl (C=O) groups is 1. The van der Waals surface area contributed by atoms with Gasteiger partial charge >= 0.3 is 0 Å². The molecule has 144 valence electrons. The highest BCUT2D eigenvalue weighted by Gasteiger charge is 2.17. The van der Waals surface area contributed by atoms with E-state index in [0.29, 0.717) is 16.3 Å². The average molecular weight is 398 g/mol. The summed E-state index contributed by atoms with van der Waals surface area (Å²) in [5, 5.41) is 16.9. The van der Waals surface area contributed by atoms with Crippen molar-refractivity contribution in [2.24, 2.45) is 5.10 Å². The molecule has 2 heterocycles. The number of rotatable bonds is 6. The van der Waals surface area contributed by atoms with E-state index in [2.05, 4.69) is 10.5 Å². The second kappa shape index (κ2) is 8.05. The number of nitro benzene ring substituents is 1. The number of hydrogen-bond donors (Lipinski definition) is 1. The normalized spacial score (nSPS) is 11.0. The van der Waals surface area contributed by atoms with Crippen molar-refractivity contribution in [2.75, 3.05) is 7.11 Å². The molecule has 0 fully saturated rings. The summed E-state index contributed by atoms with van der Waals surface area (Å²) < 4.78 is 7.27. The Kier molecular flexibility index (Phi) is 5.55. The number of nitrogens with zero attached hydrogens (tertiary/aromatic N) is 3. The number of nitro groups is 1. The third kappa shape index (κ3) is 3.79. The Morgan fingerprint density at radius 1 is 1.32 bits per heavy atom. The van der Waals surface area contributed by atoms with Crippen molar-refractivity contribution in [1.29, 1.82) is 0 Å². The maximum absolute atomic E-state index is 12.0. The van der Waals surface area contributed by atoms with Crippen LogP contribution in [-0.2, 0) is 0 Å². The number of ether oxygens (including phenoxy) is 1. The molecule has 0 aliphatic rings. The maximum atomic E-state index is 12.0. The molecule has 3 aromatic rings. The van der Waals surface area contributed by atoms with Crippen LogP contribution in [-0.4, -0.2) is 28.7 Å². The molecule has 9 heteroatoms. The Morgan fingerprint density at radius 3 is 2.75 bits per heavy atom. The minimum atomic E-state index is -0.462.